The Labute approximate surface area is 109 Å². The lowest BCUT2D eigenvalue weighted by Gasteiger charge is -2.17. The van der Waals surface area contributed by atoms with E-state index in [4.69, 9.17) is 0 Å². The molecule has 3 N–H and O–H groups in total. The Morgan fingerprint density at radius 3 is 2.63 bits per heavy atom. The van der Waals surface area contributed by atoms with Crippen molar-refractivity contribution in [1.82, 2.24) is 9.97 Å². The van der Waals surface area contributed by atoms with Gasteiger partial charge in [0.2, 0.25) is 11.6 Å². The van der Waals surface area contributed by atoms with E-state index in [0.717, 1.165) is 0 Å². The maximum absolute atomic E-state index is 11.2. The largest absolute Gasteiger partial charge is 0.389 e. The molecule has 0 spiro atoms. The van der Waals surface area contributed by atoms with Crippen LogP contribution in [0.5, 0.6) is 0 Å². The maximum Gasteiger partial charge on any atom is 0.353 e. The minimum atomic E-state index is -0.933. The van der Waals surface area contributed by atoms with E-state index in [2.05, 4.69) is 15.3 Å². The minimum absolute atomic E-state index is 0.102. The third kappa shape index (κ3) is 2.56. The Morgan fingerprint density at radius 1 is 1.47 bits per heavy atom. The summed E-state index contributed by atoms with van der Waals surface area (Å²) in [5.41, 5.74) is -0.245. The molecule has 2 heterocycles. The molecule has 0 aliphatic carbocycles. The zero-order valence-electron chi connectivity index (χ0n) is 10.4. The molecule has 0 aromatic carbocycles. The van der Waals surface area contributed by atoms with Crippen molar-refractivity contribution in [2.45, 2.75) is 19.1 Å². The van der Waals surface area contributed by atoms with Crippen LogP contribution in [0.15, 0.2) is 6.33 Å². The zero-order chi connectivity index (χ0) is 14.0. The zero-order valence-corrected chi connectivity index (χ0v) is 10.4. The van der Waals surface area contributed by atoms with Gasteiger partial charge in [0.15, 0.2) is 0 Å². The Hall–Kier alpha value is -2.00. The third-order valence-corrected chi connectivity index (χ3v) is 2.89. The molecule has 19 heavy (non-hydrogen) atoms. The van der Waals surface area contributed by atoms with Crippen LogP contribution in [-0.4, -0.2) is 56.9 Å². The van der Waals surface area contributed by atoms with Gasteiger partial charge in [-0.2, -0.15) is 0 Å². The van der Waals surface area contributed by atoms with E-state index in [1.165, 1.54) is 11.2 Å². The highest BCUT2D eigenvalue weighted by Crippen LogP contribution is 2.33. The summed E-state index contributed by atoms with van der Waals surface area (Å²) in [6.45, 7) is 2.49. The van der Waals surface area contributed by atoms with Crippen molar-refractivity contribution < 1.29 is 15.1 Å². The SMILES string of the molecule is CCNc1ncnc(N2CC(O)C(O)C2)c1[N+](=O)[O-]. The molecule has 9 nitrogen and oxygen atoms in total. The summed E-state index contributed by atoms with van der Waals surface area (Å²) < 4.78 is 0. The first-order valence-corrected chi connectivity index (χ1v) is 5.89. The number of aliphatic hydroxyl groups is 2. The first-order valence-electron chi connectivity index (χ1n) is 5.89. The topological polar surface area (TPSA) is 125 Å². The van der Waals surface area contributed by atoms with Crippen LogP contribution >= 0.6 is 0 Å². The second kappa shape index (κ2) is 5.33. The van der Waals surface area contributed by atoms with E-state index in [0.29, 0.717) is 6.54 Å². The van der Waals surface area contributed by atoms with Gasteiger partial charge in [0.1, 0.15) is 6.33 Å². The molecule has 1 saturated heterocycles. The molecule has 1 aromatic rings. The summed E-state index contributed by atoms with van der Waals surface area (Å²) in [6, 6.07) is 0. The molecule has 2 rings (SSSR count). The predicted molar refractivity (Wildman–Crippen MR) is 67.1 cm³/mol. The number of nitro groups is 1. The second-order valence-corrected chi connectivity index (χ2v) is 4.22. The standard InChI is InChI=1S/C10H15N5O4/c1-2-11-9-8(15(18)19)10(13-5-12-9)14-3-6(16)7(17)4-14/h5-7,16-17H,2-4H2,1H3,(H,11,12,13). The van der Waals surface area contributed by atoms with Crippen LogP contribution in [0.3, 0.4) is 0 Å². The van der Waals surface area contributed by atoms with Crippen LogP contribution in [-0.2, 0) is 0 Å². The molecule has 1 aliphatic rings. The summed E-state index contributed by atoms with van der Waals surface area (Å²) >= 11 is 0. The molecular formula is C10H15N5O4. The van der Waals surface area contributed by atoms with Gasteiger partial charge in [-0.05, 0) is 6.92 Å². The van der Waals surface area contributed by atoms with E-state index < -0.39 is 17.1 Å². The number of nitrogens with one attached hydrogen (secondary N) is 1. The predicted octanol–water partition coefficient (Wildman–Crippen LogP) is -0.642. The Kier molecular flexibility index (Phi) is 3.76. The molecular weight excluding hydrogens is 254 g/mol. The van der Waals surface area contributed by atoms with Crippen molar-refractivity contribution in [1.29, 1.82) is 0 Å². The first-order chi connectivity index (χ1) is 9.04. The number of aliphatic hydroxyl groups excluding tert-OH is 2. The first kappa shape index (κ1) is 13.4. The van der Waals surface area contributed by atoms with E-state index in [9.17, 15) is 20.3 Å². The lowest BCUT2D eigenvalue weighted by molar-refractivity contribution is -0.383. The van der Waals surface area contributed by atoms with E-state index >= 15 is 0 Å². The number of anilines is 2. The summed E-state index contributed by atoms with van der Waals surface area (Å²) in [5, 5.41) is 33.0. The van der Waals surface area contributed by atoms with Gasteiger partial charge < -0.3 is 20.4 Å². The van der Waals surface area contributed by atoms with Crippen LogP contribution in [0.1, 0.15) is 6.92 Å². The van der Waals surface area contributed by atoms with Crippen molar-refractivity contribution in [2.75, 3.05) is 29.9 Å². The Balaban J connectivity index is 2.40. The molecule has 104 valence electrons. The lowest BCUT2D eigenvalue weighted by atomic mass is 10.3. The van der Waals surface area contributed by atoms with Gasteiger partial charge in [-0.25, -0.2) is 9.97 Å². The summed E-state index contributed by atoms with van der Waals surface area (Å²) in [6.07, 6.45) is -0.647. The molecule has 1 fully saturated rings. The van der Waals surface area contributed by atoms with Gasteiger partial charge in [0, 0.05) is 19.6 Å². The fourth-order valence-electron chi connectivity index (χ4n) is 2.01. The average molecular weight is 269 g/mol. The fourth-order valence-corrected chi connectivity index (χ4v) is 2.01. The highest BCUT2D eigenvalue weighted by molar-refractivity contribution is 5.70. The smallest absolute Gasteiger partial charge is 0.353 e. The number of hydrogen-bond donors (Lipinski definition) is 3. The van der Waals surface area contributed by atoms with E-state index in [1.54, 1.807) is 6.92 Å². The maximum atomic E-state index is 11.2. The minimum Gasteiger partial charge on any atom is -0.389 e. The van der Waals surface area contributed by atoms with Crippen LogP contribution in [0.25, 0.3) is 0 Å². The van der Waals surface area contributed by atoms with Crippen LogP contribution < -0.4 is 10.2 Å². The second-order valence-electron chi connectivity index (χ2n) is 4.22. The van der Waals surface area contributed by atoms with Gasteiger partial charge in [0.05, 0.1) is 17.1 Å². The summed E-state index contributed by atoms with van der Waals surface area (Å²) in [4.78, 5) is 19.8. The van der Waals surface area contributed by atoms with Crippen molar-refractivity contribution in [3.05, 3.63) is 16.4 Å². The molecule has 2 unspecified atom stereocenters. The van der Waals surface area contributed by atoms with E-state index in [1.807, 2.05) is 0 Å². The van der Waals surface area contributed by atoms with Crippen molar-refractivity contribution in [2.24, 2.45) is 0 Å². The number of aromatic nitrogens is 2. The molecule has 9 heteroatoms. The molecule has 0 radical (unpaired) electrons. The number of β-amino-alcohol motifs (C(OH)–C–C–N with tert-alkyl or cyclic N) is 2. The summed E-state index contributed by atoms with van der Waals surface area (Å²) in [5.74, 6) is 0.236. The third-order valence-electron chi connectivity index (χ3n) is 2.89. The van der Waals surface area contributed by atoms with Gasteiger partial charge in [-0.1, -0.05) is 0 Å². The molecule has 2 atom stereocenters. The Bertz CT molecular complexity index is 473. The quantitative estimate of drug-likeness (QED) is 0.487. The van der Waals surface area contributed by atoms with Crippen LogP contribution in [0.2, 0.25) is 0 Å². The molecule has 0 bridgehead atoms. The molecule has 0 amide bonds. The van der Waals surface area contributed by atoms with Crippen molar-refractivity contribution in [3.63, 3.8) is 0 Å². The average Bonchev–Trinajstić information content (AvgIpc) is 2.69. The van der Waals surface area contributed by atoms with Crippen molar-refractivity contribution in [3.8, 4) is 0 Å². The lowest BCUT2D eigenvalue weighted by Crippen LogP contribution is -2.24. The normalized spacial score (nSPS) is 22.6. The monoisotopic (exact) mass is 269 g/mol. The molecule has 0 saturated carbocycles. The summed E-state index contributed by atoms with van der Waals surface area (Å²) in [7, 11) is 0. The Morgan fingerprint density at radius 2 is 2.11 bits per heavy atom. The fraction of sp³-hybridized carbons (Fsp3) is 0.600. The molecule has 1 aromatic heterocycles. The highest BCUT2D eigenvalue weighted by atomic mass is 16.6. The number of hydrogen-bond acceptors (Lipinski definition) is 8. The van der Waals surface area contributed by atoms with E-state index in [-0.39, 0.29) is 30.4 Å². The number of nitrogens with zero attached hydrogens (tertiary/aromatic N) is 4. The van der Waals surface area contributed by atoms with Crippen molar-refractivity contribution >= 4 is 17.3 Å². The van der Waals surface area contributed by atoms with Gasteiger partial charge in [0.25, 0.3) is 0 Å². The van der Waals surface area contributed by atoms with Gasteiger partial charge >= 0.3 is 5.69 Å². The number of rotatable bonds is 4. The van der Waals surface area contributed by atoms with Gasteiger partial charge in [-0.15, -0.1) is 0 Å². The van der Waals surface area contributed by atoms with Gasteiger partial charge in [-0.3, -0.25) is 10.1 Å². The van der Waals surface area contributed by atoms with Crippen LogP contribution in [0, 0.1) is 10.1 Å². The van der Waals surface area contributed by atoms with Crippen LogP contribution in [0.4, 0.5) is 17.3 Å². The highest BCUT2D eigenvalue weighted by Gasteiger charge is 2.35. The molecule has 1 aliphatic heterocycles.